The minimum atomic E-state index is -2.85. The largest absolute Gasteiger partial charge is 0.455 e. The molecule has 5 nitrogen and oxygen atoms in total. The lowest BCUT2D eigenvalue weighted by atomic mass is 9.77. The Hall–Kier alpha value is -7.94. The standard InChI is InChI=1S/C63H54N4O/c1-42-15-12-13-20-52(42)56-35-59(55-22-14-21-54-53-28-24-44(38-64)34-60(53)68-61(54)55)65-39-49(56)25-23-43-31-45(36-62(2,3)50-26-29-57(66-40-50)47-16-8-6-9-17-47)33-46(32-43)37-63(4,5)51-27-30-58(67-41-51)48-18-10-7-11-19-48/h6-22,24,26-35,39-41H,23,25,36-37H2,1-5H3/i1D3,23D2,24D,25D2,34D. The number of aryl methyl sites for hydroxylation is 3. The van der Waals surface area contributed by atoms with E-state index in [9.17, 15) is 10.7 Å². The summed E-state index contributed by atoms with van der Waals surface area (Å²) in [6, 6.07) is 49.8. The van der Waals surface area contributed by atoms with Crippen LogP contribution in [0.15, 0.2) is 193 Å². The van der Waals surface area contributed by atoms with Crippen LogP contribution in [0, 0.1) is 18.2 Å². The maximum Gasteiger partial charge on any atom is 0.144 e. The first kappa shape index (κ1) is 34.4. The molecular formula is C63H54N4O. The molecule has 10 rings (SSSR count). The second-order valence-corrected chi connectivity index (χ2v) is 18.6. The number of para-hydroxylation sites is 1. The predicted octanol–water partition coefficient (Wildman–Crippen LogP) is 15.4. The van der Waals surface area contributed by atoms with Crippen molar-refractivity contribution in [3.63, 3.8) is 0 Å². The highest BCUT2D eigenvalue weighted by Crippen LogP contribution is 2.39. The highest BCUT2D eigenvalue weighted by atomic mass is 16.3. The van der Waals surface area contributed by atoms with Crippen molar-refractivity contribution < 1.29 is 16.8 Å². The van der Waals surface area contributed by atoms with Crippen molar-refractivity contribution in [2.24, 2.45) is 0 Å². The molecule has 332 valence electrons. The van der Waals surface area contributed by atoms with E-state index in [1.54, 1.807) is 54.6 Å². The Morgan fingerprint density at radius 2 is 1.16 bits per heavy atom. The summed E-state index contributed by atoms with van der Waals surface area (Å²) in [5, 5.41) is 10.7. The second-order valence-electron chi connectivity index (χ2n) is 18.6. The third-order valence-corrected chi connectivity index (χ3v) is 12.8. The van der Waals surface area contributed by atoms with E-state index >= 15 is 0 Å². The van der Waals surface area contributed by atoms with Crippen molar-refractivity contribution in [2.45, 2.75) is 71.0 Å². The molecule has 0 aliphatic carbocycles. The van der Waals surface area contributed by atoms with Gasteiger partial charge in [-0.3, -0.25) is 15.0 Å². The van der Waals surface area contributed by atoms with Crippen molar-refractivity contribution >= 4 is 21.9 Å². The van der Waals surface area contributed by atoms with Gasteiger partial charge in [0.1, 0.15) is 11.2 Å². The normalized spacial score (nSPS) is 14.4. The van der Waals surface area contributed by atoms with Crippen LogP contribution in [0.4, 0.5) is 0 Å². The maximum absolute atomic E-state index is 10.1. The van der Waals surface area contributed by atoms with Gasteiger partial charge in [-0.15, -0.1) is 0 Å². The smallest absolute Gasteiger partial charge is 0.144 e. The van der Waals surface area contributed by atoms with Crippen molar-refractivity contribution in [1.82, 2.24) is 15.0 Å². The Morgan fingerprint density at radius 1 is 0.574 bits per heavy atom. The Balaban J connectivity index is 1.10. The molecule has 0 radical (unpaired) electrons. The number of furan rings is 1. The van der Waals surface area contributed by atoms with Gasteiger partial charge in [-0.05, 0) is 136 Å². The van der Waals surface area contributed by atoms with Crippen LogP contribution >= 0.6 is 0 Å². The van der Waals surface area contributed by atoms with Crippen LogP contribution in [0.1, 0.15) is 84.5 Å². The van der Waals surface area contributed by atoms with Crippen LogP contribution in [-0.2, 0) is 36.4 Å². The summed E-state index contributed by atoms with van der Waals surface area (Å²) < 4.78 is 89.4. The number of pyridine rings is 3. The number of nitrogens with zero attached hydrogens (tertiary/aromatic N) is 4. The zero-order chi connectivity index (χ0) is 54.7. The van der Waals surface area contributed by atoms with Crippen LogP contribution in [0.2, 0.25) is 0 Å². The monoisotopic (exact) mass is 891 g/mol. The van der Waals surface area contributed by atoms with Crippen LogP contribution in [0.25, 0.3) is 66.8 Å². The first-order valence-electron chi connectivity index (χ1n) is 27.2. The highest BCUT2D eigenvalue weighted by Gasteiger charge is 2.26. The fourth-order valence-electron chi connectivity index (χ4n) is 9.12. The molecule has 0 fully saturated rings. The lowest BCUT2D eigenvalue weighted by molar-refractivity contribution is 0.512. The molecule has 6 aromatic carbocycles. The van der Waals surface area contributed by atoms with Crippen LogP contribution in [0.5, 0.6) is 0 Å². The third-order valence-electron chi connectivity index (χ3n) is 12.8. The van der Waals surface area contributed by atoms with Gasteiger partial charge in [0, 0.05) is 55.6 Å². The van der Waals surface area contributed by atoms with Gasteiger partial charge in [-0.1, -0.05) is 155 Å². The number of hydrogen-bond donors (Lipinski definition) is 0. The van der Waals surface area contributed by atoms with Crippen LogP contribution in [0.3, 0.4) is 0 Å². The quantitative estimate of drug-likeness (QED) is 0.115. The van der Waals surface area contributed by atoms with Crippen molar-refractivity contribution in [2.75, 3.05) is 0 Å². The van der Waals surface area contributed by atoms with Crippen molar-refractivity contribution in [1.29, 1.82) is 5.26 Å². The molecule has 0 aliphatic heterocycles. The number of nitriles is 1. The van der Waals surface area contributed by atoms with Gasteiger partial charge in [0.2, 0.25) is 0 Å². The number of rotatable bonds is 13. The molecule has 4 aromatic heterocycles. The topological polar surface area (TPSA) is 75.6 Å². The zero-order valence-electron chi connectivity index (χ0n) is 47.4. The lowest BCUT2D eigenvalue weighted by Crippen LogP contribution is -2.23. The number of fused-ring (bicyclic) bond motifs is 3. The number of hydrogen-bond acceptors (Lipinski definition) is 5. The van der Waals surface area contributed by atoms with E-state index < -0.39 is 30.4 Å². The molecule has 0 unspecified atom stereocenters. The molecule has 0 bridgehead atoms. The zero-order valence-corrected chi connectivity index (χ0v) is 38.4. The number of benzene rings is 6. The van der Waals surface area contributed by atoms with E-state index in [0.29, 0.717) is 34.8 Å². The third kappa shape index (κ3) is 9.11. The van der Waals surface area contributed by atoms with Crippen molar-refractivity contribution in [3.8, 4) is 51.0 Å². The first-order valence-corrected chi connectivity index (χ1v) is 22.7. The predicted molar refractivity (Wildman–Crippen MR) is 278 cm³/mol. The van der Waals surface area contributed by atoms with Gasteiger partial charge in [0.25, 0.3) is 0 Å². The summed E-state index contributed by atoms with van der Waals surface area (Å²) >= 11 is 0. The van der Waals surface area contributed by atoms with Gasteiger partial charge in [-0.2, -0.15) is 5.26 Å². The van der Waals surface area contributed by atoms with E-state index in [2.05, 4.69) is 45.9 Å². The molecule has 0 N–H and O–H groups in total. The number of aromatic nitrogens is 3. The average molecular weight is 892 g/mol. The SMILES string of the molecule is [2H]c1cc2c(oc3c(-c4cc(-c5ccccc5C([2H])([2H])[2H])c(C([2H])([2H])C([2H])([2H])c5cc(CC(C)(C)c6ccc(-c7ccccc7)nc6)cc(CC(C)(C)c6ccc(-c7ccccc7)nc6)c5)cn4)cccc32)c([2H])c1C#N. The molecule has 0 aliphatic rings. The molecule has 68 heavy (non-hydrogen) atoms. The Kier molecular flexibility index (Phi) is 9.30. The summed E-state index contributed by atoms with van der Waals surface area (Å²) in [5.41, 5.74) is 7.29. The summed E-state index contributed by atoms with van der Waals surface area (Å²) in [6.07, 6.45) is 0.346. The molecule has 0 spiro atoms. The van der Waals surface area contributed by atoms with Gasteiger partial charge < -0.3 is 4.42 Å². The van der Waals surface area contributed by atoms with Gasteiger partial charge in [0.15, 0.2) is 0 Å². The van der Waals surface area contributed by atoms with E-state index in [1.165, 1.54) is 18.3 Å². The molecule has 4 heterocycles. The van der Waals surface area contributed by atoms with E-state index in [4.69, 9.17) is 26.2 Å². The van der Waals surface area contributed by atoms with Crippen LogP contribution in [-0.4, -0.2) is 15.0 Å². The summed E-state index contributed by atoms with van der Waals surface area (Å²) in [5.74, 6) is 0. The van der Waals surface area contributed by atoms with E-state index in [0.717, 1.165) is 44.8 Å². The van der Waals surface area contributed by atoms with Gasteiger partial charge in [0.05, 0.1) is 31.5 Å². The summed E-state index contributed by atoms with van der Waals surface area (Å²) in [6.45, 7) is 5.83. The van der Waals surface area contributed by atoms with Gasteiger partial charge in [-0.25, -0.2) is 0 Å². The Labute approximate surface area is 412 Å². The minimum absolute atomic E-state index is 0.0612. The fourth-order valence-corrected chi connectivity index (χ4v) is 9.12. The summed E-state index contributed by atoms with van der Waals surface area (Å²) in [4.78, 5) is 14.5. The molecule has 0 saturated heterocycles. The first-order chi connectivity index (χ1) is 36.6. The maximum atomic E-state index is 10.1. The fraction of sp³-hybridized carbons (Fsp3) is 0.175. The summed E-state index contributed by atoms with van der Waals surface area (Å²) in [7, 11) is 0. The minimum Gasteiger partial charge on any atom is -0.455 e. The van der Waals surface area contributed by atoms with Crippen molar-refractivity contribution in [3.05, 3.63) is 233 Å². The molecule has 5 heteroatoms. The Bertz CT molecular complexity index is 3770. The second kappa shape index (κ2) is 18.4. The molecular weight excluding hydrogens is 829 g/mol. The molecule has 0 saturated carbocycles. The van der Waals surface area contributed by atoms with Gasteiger partial charge >= 0.3 is 0 Å². The van der Waals surface area contributed by atoms with E-state index in [-0.39, 0.29) is 56.7 Å². The highest BCUT2D eigenvalue weighted by molar-refractivity contribution is 6.09. The lowest BCUT2D eigenvalue weighted by Gasteiger charge is -2.28. The molecule has 0 amide bonds. The van der Waals surface area contributed by atoms with Crippen LogP contribution < -0.4 is 0 Å². The Morgan fingerprint density at radius 3 is 1.76 bits per heavy atom. The van der Waals surface area contributed by atoms with E-state index in [1.807, 2.05) is 91.3 Å². The molecule has 10 aromatic rings. The average Bonchev–Trinajstić information content (AvgIpc) is 3.80. The molecule has 0 atom stereocenters.